The van der Waals surface area contributed by atoms with Gasteiger partial charge in [-0.25, -0.2) is 0 Å². The highest BCUT2D eigenvalue weighted by Crippen LogP contribution is 2.27. The van der Waals surface area contributed by atoms with Crippen LogP contribution in [0.3, 0.4) is 0 Å². The molecular formula is C13H18ClN. The fraction of sp³-hybridized carbons (Fsp3) is 0.538. The van der Waals surface area contributed by atoms with Crippen LogP contribution in [0.5, 0.6) is 0 Å². The van der Waals surface area contributed by atoms with Crippen molar-refractivity contribution < 1.29 is 0 Å². The summed E-state index contributed by atoms with van der Waals surface area (Å²) in [5.41, 5.74) is 2.51. The Morgan fingerprint density at radius 2 is 1.80 bits per heavy atom. The van der Waals surface area contributed by atoms with Crippen LogP contribution < -0.4 is 4.90 Å². The summed E-state index contributed by atoms with van der Waals surface area (Å²) in [5, 5.41) is 0. The smallest absolute Gasteiger partial charge is 0.0474 e. The number of alkyl halides is 1. The number of benzene rings is 1. The summed E-state index contributed by atoms with van der Waals surface area (Å²) in [7, 11) is 2.20. The van der Waals surface area contributed by atoms with Gasteiger partial charge in [0.15, 0.2) is 0 Å². The molecule has 1 aromatic carbocycles. The fourth-order valence-corrected chi connectivity index (χ4v) is 2.50. The molecule has 1 fully saturated rings. The molecule has 1 aliphatic rings. The monoisotopic (exact) mass is 223 g/mol. The van der Waals surface area contributed by atoms with E-state index in [0.29, 0.717) is 5.88 Å². The SMILES string of the molecule is CN(c1ccc(CCl)cc1)C1CCCC1. The molecule has 0 aromatic heterocycles. The van der Waals surface area contributed by atoms with Crippen molar-refractivity contribution in [1.29, 1.82) is 0 Å². The molecule has 0 unspecified atom stereocenters. The Bertz CT molecular complexity index is 301. The quantitative estimate of drug-likeness (QED) is 0.705. The van der Waals surface area contributed by atoms with Gasteiger partial charge in [-0.05, 0) is 30.5 Å². The molecule has 0 saturated heterocycles. The number of rotatable bonds is 3. The summed E-state index contributed by atoms with van der Waals surface area (Å²) in [4.78, 5) is 2.41. The van der Waals surface area contributed by atoms with E-state index in [1.54, 1.807) is 0 Å². The second-order valence-electron chi connectivity index (χ2n) is 4.35. The van der Waals surface area contributed by atoms with Crippen molar-refractivity contribution in [2.75, 3.05) is 11.9 Å². The van der Waals surface area contributed by atoms with Gasteiger partial charge in [0, 0.05) is 24.7 Å². The van der Waals surface area contributed by atoms with E-state index in [4.69, 9.17) is 11.6 Å². The van der Waals surface area contributed by atoms with Crippen molar-refractivity contribution in [1.82, 2.24) is 0 Å². The van der Waals surface area contributed by atoms with Crippen LogP contribution in [-0.4, -0.2) is 13.1 Å². The number of nitrogens with zero attached hydrogens (tertiary/aromatic N) is 1. The van der Waals surface area contributed by atoms with Gasteiger partial charge in [0.2, 0.25) is 0 Å². The molecule has 0 radical (unpaired) electrons. The lowest BCUT2D eigenvalue weighted by Crippen LogP contribution is -2.28. The Balaban J connectivity index is 2.07. The molecule has 15 heavy (non-hydrogen) atoms. The van der Waals surface area contributed by atoms with E-state index in [-0.39, 0.29) is 0 Å². The van der Waals surface area contributed by atoms with Crippen LogP contribution >= 0.6 is 11.6 Å². The summed E-state index contributed by atoms with van der Waals surface area (Å²) >= 11 is 5.77. The van der Waals surface area contributed by atoms with Gasteiger partial charge in [-0.1, -0.05) is 25.0 Å². The Kier molecular flexibility index (Phi) is 3.53. The molecule has 0 heterocycles. The summed E-state index contributed by atoms with van der Waals surface area (Å²) in [6.45, 7) is 0. The average molecular weight is 224 g/mol. The van der Waals surface area contributed by atoms with Crippen LogP contribution in [0, 0.1) is 0 Å². The Hall–Kier alpha value is -0.690. The van der Waals surface area contributed by atoms with Crippen LogP contribution in [0.25, 0.3) is 0 Å². The summed E-state index contributed by atoms with van der Waals surface area (Å²) < 4.78 is 0. The van der Waals surface area contributed by atoms with Crippen molar-refractivity contribution >= 4 is 17.3 Å². The van der Waals surface area contributed by atoms with Crippen LogP contribution in [0.15, 0.2) is 24.3 Å². The molecule has 1 aliphatic carbocycles. The van der Waals surface area contributed by atoms with Gasteiger partial charge in [-0.15, -0.1) is 11.6 Å². The first-order valence-corrected chi connectivity index (χ1v) is 6.22. The first kappa shape index (κ1) is 10.8. The van der Waals surface area contributed by atoms with Gasteiger partial charge in [-0.2, -0.15) is 0 Å². The molecule has 0 N–H and O–H groups in total. The van der Waals surface area contributed by atoms with Gasteiger partial charge < -0.3 is 4.90 Å². The molecule has 82 valence electrons. The van der Waals surface area contributed by atoms with E-state index in [2.05, 4.69) is 36.2 Å². The van der Waals surface area contributed by atoms with E-state index in [9.17, 15) is 0 Å². The van der Waals surface area contributed by atoms with Gasteiger partial charge in [0.1, 0.15) is 0 Å². The van der Waals surface area contributed by atoms with Crippen LogP contribution in [0.2, 0.25) is 0 Å². The zero-order valence-corrected chi connectivity index (χ0v) is 10.0. The van der Waals surface area contributed by atoms with Crippen molar-refractivity contribution in [2.45, 2.75) is 37.6 Å². The predicted molar refractivity (Wildman–Crippen MR) is 66.7 cm³/mol. The van der Waals surface area contributed by atoms with E-state index in [1.165, 1.54) is 36.9 Å². The maximum absolute atomic E-state index is 5.77. The number of halogens is 1. The van der Waals surface area contributed by atoms with Gasteiger partial charge in [-0.3, -0.25) is 0 Å². The third kappa shape index (κ3) is 2.46. The van der Waals surface area contributed by atoms with E-state index >= 15 is 0 Å². The van der Waals surface area contributed by atoms with Crippen molar-refractivity contribution in [2.24, 2.45) is 0 Å². The number of hydrogen-bond donors (Lipinski definition) is 0. The molecule has 2 heteroatoms. The zero-order valence-electron chi connectivity index (χ0n) is 9.25. The third-order valence-corrected chi connectivity index (χ3v) is 3.68. The number of hydrogen-bond acceptors (Lipinski definition) is 1. The lowest BCUT2D eigenvalue weighted by molar-refractivity contribution is 0.653. The molecule has 0 amide bonds. The van der Waals surface area contributed by atoms with Crippen molar-refractivity contribution in [3.63, 3.8) is 0 Å². The average Bonchev–Trinajstić information content (AvgIpc) is 2.82. The topological polar surface area (TPSA) is 3.24 Å². The maximum Gasteiger partial charge on any atom is 0.0474 e. The molecule has 1 nitrogen and oxygen atoms in total. The van der Waals surface area contributed by atoms with Crippen molar-refractivity contribution in [3.8, 4) is 0 Å². The maximum atomic E-state index is 5.77. The summed E-state index contributed by atoms with van der Waals surface area (Å²) in [5.74, 6) is 0.605. The highest BCUT2D eigenvalue weighted by molar-refractivity contribution is 6.17. The predicted octanol–water partition coefficient (Wildman–Crippen LogP) is 3.80. The minimum absolute atomic E-state index is 0.605. The first-order valence-electron chi connectivity index (χ1n) is 5.69. The van der Waals surface area contributed by atoms with Gasteiger partial charge in [0.05, 0.1) is 0 Å². The van der Waals surface area contributed by atoms with Gasteiger partial charge in [0.25, 0.3) is 0 Å². The van der Waals surface area contributed by atoms with Crippen LogP contribution in [-0.2, 0) is 5.88 Å². The number of anilines is 1. The largest absolute Gasteiger partial charge is 0.372 e. The lowest BCUT2D eigenvalue weighted by Gasteiger charge is -2.26. The Morgan fingerprint density at radius 1 is 1.20 bits per heavy atom. The fourth-order valence-electron chi connectivity index (χ4n) is 2.32. The van der Waals surface area contributed by atoms with Crippen LogP contribution in [0.1, 0.15) is 31.2 Å². The Morgan fingerprint density at radius 3 is 2.33 bits per heavy atom. The summed E-state index contributed by atoms with van der Waals surface area (Å²) in [6.07, 6.45) is 5.45. The van der Waals surface area contributed by atoms with Gasteiger partial charge >= 0.3 is 0 Å². The Labute approximate surface area is 97.0 Å². The highest BCUT2D eigenvalue weighted by atomic mass is 35.5. The first-order chi connectivity index (χ1) is 7.31. The third-order valence-electron chi connectivity index (χ3n) is 3.37. The minimum Gasteiger partial charge on any atom is -0.372 e. The molecule has 1 saturated carbocycles. The molecule has 2 rings (SSSR count). The summed E-state index contributed by atoms with van der Waals surface area (Å²) in [6, 6.07) is 9.33. The van der Waals surface area contributed by atoms with E-state index in [1.807, 2.05) is 0 Å². The highest BCUT2D eigenvalue weighted by Gasteiger charge is 2.19. The normalized spacial score (nSPS) is 16.9. The molecule has 0 atom stereocenters. The molecule has 0 bridgehead atoms. The van der Waals surface area contributed by atoms with Crippen LogP contribution in [0.4, 0.5) is 5.69 Å². The molecular weight excluding hydrogens is 206 g/mol. The second-order valence-corrected chi connectivity index (χ2v) is 4.62. The van der Waals surface area contributed by atoms with Crippen molar-refractivity contribution in [3.05, 3.63) is 29.8 Å². The second kappa shape index (κ2) is 4.89. The minimum atomic E-state index is 0.605. The molecule has 0 aliphatic heterocycles. The lowest BCUT2D eigenvalue weighted by atomic mass is 10.1. The zero-order chi connectivity index (χ0) is 10.7. The van der Waals surface area contributed by atoms with E-state index in [0.717, 1.165) is 6.04 Å². The van der Waals surface area contributed by atoms with E-state index < -0.39 is 0 Å². The molecule has 0 spiro atoms. The molecule has 1 aromatic rings. The standard InChI is InChI=1S/C13H18ClN/c1-15(12-4-2-3-5-12)13-8-6-11(10-14)7-9-13/h6-9,12H,2-5,10H2,1H3.